The summed E-state index contributed by atoms with van der Waals surface area (Å²) in [6.07, 6.45) is 6.47. The van der Waals surface area contributed by atoms with Crippen molar-refractivity contribution in [2.75, 3.05) is 18.1 Å². The summed E-state index contributed by atoms with van der Waals surface area (Å²) < 4.78 is 23.2. The molecule has 4 nitrogen and oxygen atoms in total. The van der Waals surface area contributed by atoms with Crippen molar-refractivity contribution in [2.45, 2.75) is 31.1 Å². The summed E-state index contributed by atoms with van der Waals surface area (Å²) in [5, 5.41) is 3.17. The van der Waals surface area contributed by atoms with Crippen molar-refractivity contribution in [3.8, 4) is 0 Å². The Morgan fingerprint density at radius 3 is 2.71 bits per heavy atom. The number of rotatable bonds is 4. The fourth-order valence-electron chi connectivity index (χ4n) is 2.08. The third-order valence-corrected chi connectivity index (χ3v) is 4.54. The molecule has 1 aliphatic rings. The summed E-state index contributed by atoms with van der Waals surface area (Å²) in [6.45, 7) is 3.00. The van der Waals surface area contributed by atoms with Gasteiger partial charge in [0.25, 0.3) is 0 Å². The number of pyridine rings is 1. The van der Waals surface area contributed by atoms with Crippen LogP contribution in [0, 0.1) is 5.41 Å². The second-order valence-electron chi connectivity index (χ2n) is 5.14. The molecular weight excluding hydrogens is 236 g/mol. The van der Waals surface area contributed by atoms with Gasteiger partial charge in [-0.25, -0.2) is 13.4 Å². The van der Waals surface area contributed by atoms with Gasteiger partial charge in [-0.3, -0.25) is 0 Å². The molecule has 1 fully saturated rings. The SMILES string of the molecule is CC1(CNc2ncccc2S(C)(=O)=O)CCC1. The van der Waals surface area contributed by atoms with E-state index in [1.54, 1.807) is 18.3 Å². The molecule has 0 saturated heterocycles. The van der Waals surface area contributed by atoms with Crippen LogP contribution in [0.4, 0.5) is 5.82 Å². The van der Waals surface area contributed by atoms with Crippen LogP contribution in [-0.4, -0.2) is 26.2 Å². The van der Waals surface area contributed by atoms with Gasteiger partial charge >= 0.3 is 0 Å². The van der Waals surface area contributed by atoms with Gasteiger partial charge in [-0.2, -0.15) is 0 Å². The Morgan fingerprint density at radius 1 is 1.47 bits per heavy atom. The molecule has 2 rings (SSSR count). The van der Waals surface area contributed by atoms with Crippen molar-refractivity contribution in [3.05, 3.63) is 18.3 Å². The topological polar surface area (TPSA) is 59.1 Å². The summed E-state index contributed by atoms with van der Waals surface area (Å²) in [6, 6.07) is 3.24. The zero-order valence-corrected chi connectivity index (χ0v) is 11.0. The van der Waals surface area contributed by atoms with E-state index in [4.69, 9.17) is 0 Å². The molecule has 0 aliphatic heterocycles. The van der Waals surface area contributed by atoms with Gasteiger partial charge in [0.05, 0.1) is 0 Å². The molecule has 0 unspecified atom stereocenters. The summed E-state index contributed by atoms with van der Waals surface area (Å²) in [4.78, 5) is 4.40. The van der Waals surface area contributed by atoms with Gasteiger partial charge in [0, 0.05) is 19.0 Å². The first-order valence-electron chi connectivity index (χ1n) is 5.80. The van der Waals surface area contributed by atoms with E-state index in [-0.39, 0.29) is 4.90 Å². The lowest BCUT2D eigenvalue weighted by atomic mass is 9.70. The molecule has 0 aromatic carbocycles. The number of sulfone groups is 1. The normalized spacial score (nSPS) is 18.5. The Hall–Kier alpha value is -1.10. The molecule has 0 radical (unpaired) electrons. The zero-order chi connectivity index (χ0) is 12.5. The van der Waals surface area contributed by atoms with E-state index in [0.717, 1.165) is 6.54 Å². The third-order valence-electron chi connectivity index (χ3n) is 3.41. The number of anilines is 1. The molecule has 0 bridgehead atoms. The third kappa shape index (κ3) is 2.77. The maximum atomic E-state index is 11.6. The van der Waals surface area contributed by atoms with Gasteiger partial charge in [-0.1, -0.05) is 13.3 Å². The molecule has 94 valence electrons. The van der Waals surface area contributed by atoms with Gasteiger partial charge in [-0.05, 0) is 30.4 Å². The van der Waals surface area contributed by atoms with E-state index in [1.807, 2.05) is 0 Å². The van der Waals surface area contributed by atoms with Gasteiger partial charge in [0.1, 0.15) is 10.7 Å². The molecule has 5 heteroatoms. The number of nitrogens with zero attached hydrogens (tertiary/aromatic N) is 1. The number of nitrogens with one attached hydrogen (secondary N) is 1. The van der Waals surface area contributed by atoms with E-state index in [1.165, 1.54) is 25.5 Å². The molecule has 1 N–H and O–H groups in total. The van der Waals surface area contributed by atoms with E-state index in [0.29, 0.717) is 11.2 Å². The van der Waals surface area contributed by atoms with Crippen LogP contribution in [0.3, 0.4) is 0 Å². The van der Waals surface area contributed by atoms with Crippen molar-refractivity contribution in [1.82, 2.24) is 4.98 Å². The first kappa shape index (κ1) is 12.4. The van der Waals surface area contributed by atoms with Gasteiger partial charge in [0.15, 0.2) is 9.84 Å². The maximum Gasteiger partial charge on any atom is 0.179 e. The molecule has 1 aliphatic carbocycles. The van der Waals surface area contributed by atoms with Gasteiger partial charge < -0.3 is 5.32 Å². The Balaban J connectivity index is 2.16. The van der Waals surface area contributed by atoms with Crippen LogP contribution in [0.5, 0.6) is 0 Å². The van der Waals surface area contributed by atoms with E-state index >= 15 is 0 Å². The molecule has 1 aromatic heterocycles. The predicted octanol–water partition coefficient (Wildman–Crippen LogP) is 2.09. The fourth-order valence-corrected chi connectivity index (χ4v) is 2.88. The lowest BCUT2D eigenvalue weighted by Crippen LogP contribution is -2.33. The predicted molar refractivity (Wildman–Crippen MR) is 67.8 cm³/mol. The Bertz CT molecular complexity index is 507. The van der Waals surface area contributed by atoms with E-state index in [9.17, 15) is 8.42 Å². The number of hydrogen-bond donors (Lipinski definition) is 1. The summed E-state index contributed by atoms with van der Waals surface area (Å²) in [5.41, 5.74) is 0.298. The van der Waals surface area contributed by atoms with Crippen molar-refractivity contribution in [1.29, 1.82) is 0 Å². The molecule has 0 atom stereocenters. The first-order chi connectivity index (χ1) is 7.91. The van der Waals surface area contributed by atoms with Crippen LogP contribution in [-0.2, 0) is 9.84 Å². The molecule has 0 amide bonds. The Morgan fingerprint density at radius 2 is 2.18 bits per heavy atom. The molecule has 1 aromatic rings. The van der Waals surface area contributed by atoms with Crippen LogP contribution in [0.25, 0.3) is 0 Å². The van der Waals surface area contributed by atoms with E-state index < -0.39 is 9.84 Å². The smallest absolute Gasteiger partial charge is 0.179 e. The van der Waals surface area contributed by atoms with Gasteiger partial charge in [-0.15, -0.1) is 0 Å². The molecule has 17 heavy (non-hydrogen) atoms. The minimum Gasteiger partial charge on any atom is -0.368 e. The highest BCUT2D eigenvalue weighted by molar-refractivity contribution is 7.90. The number of aromatic nitrogens is 1. The van der Waals surface area contributed by atoms with Crippen LogP contribution >= 0.6 is 0 Å². The average Bonchev–Trinajstić information content (AvgIpc) is 2.23. The highest BCUT2D eigenvalue weighted by Gasteiger charge is 2.31. The van der Waals surface area contributed by atoms with Crippen LogP contribution in [0.1, 0.15) is 26.2 Å². The quantitative estimate of drug-likeness (QED) is 0.893. The van der Waals surface area contributed by atoms with Crippen molar-refractivity contribution in [2.24, 2.45) is 5.41 Å². The van der Waals surface area contributed by atoms with Crippen molar-refractivity contribution < 1.29 is 8.42 Å². The van der Waals surface area contributed by atoms with Crippen molar-refractivity contribution in [3.63, 3.8) is 0 Å². The highest BCUT2D eigenvalue weighted by atomic mass is 32.2. The zero-order valence-electron chi connectivity index (χ0n) is 10.2. The summed E-state index contributed by atoms with van der Waals surface area (Å²) in [7, 11) is -3.21. The maximum absolute atomic E-state index is 11.6. The standard InChI is InChI=1S/C12H18N2O2S/c1-12(6-4-7-12)9-14-11-10(17(2,15)16)5-3-8-13-11/h3,5,8H,4,6-7,9H2,1-2H3,(H,13,14). The highest BCUT2D eigenvalue weighted by Crippen LogP contribution is 2.40. The van der Waals surface area contributed by atoms with Gasteiger partial charge in [0.2, 0.25) is 0 Å². The monoisotopic (exact) mass is 254 g/mol. The van der Waals surface area contributed by atoms with Crippen LogP contribution in [0.15, 0.2) is 23.2 Å². The lowest BCUT2D eigenvalue weighted by molar-refractivity contribution is 0.179. The fraction of sp³-hybridized carbons (Fsp3) is 0.583. The lowest BCUT2D eigenvalue weighted by Gasteiger charge is -2.38. The molecule has 1 saturated carbocycles. The minimum absolute atomic E-state index is 0.280. The minimum atomic E-state index is -3.21. The molecular formula is C12H18N2O2S. The largest absolute Gasteiger partial charge is 0.368 e. The average molecular weight is 254 g/mol. The first-order valence-corrected chi connectivity index (χ1v) is 7.69. The summed E-state index contributed by atoms with van der Waals surface area (Å²) in [5.74, 6) is 0.475. The molecule has 1 heterocycles. The van der Waals surface area contributed by atoms with Crippen molar-refractivity contribution >= 4 is 15.7 Å². The summed E-state index contributed by atoms with van der Waals surface area (Å²) >= 11 is 0. The Kier molecular flexibility index (Phi) is 3.12. The van der Waals surface area contributed by atoms with E-state index in [2.05, 4.69) is 17.2 Å². The second-order valence-corrected chi connectivity index (χ2v) is 7.12. The Labute approximate surface area is 102 Å². The number of hydrogen-bond acceptors (Lipinski definition) is 4. The second kappa shape index (κ2) is 4.29. The van der Waals surface area contributed by atoms with Crippen LogP contribution < -0.4 is 5.32 Å². The molecule has 0 spiro atoms. The van der Waals surface area contributed by atoms with Crippen LogP contribution in [0.2, 0.25) is 0 Å².